The van der Waals surface area contributed by atoms with Gasteiger partial charge in [-0.1, -0.05) is 129 Å². The third-order valence-electron chi connectivity index (χ3n) is 10.4. The van der Waals surface area contributed by atoms with Crippen molar-refractivity contribution in [3.8, 4) is 11.1 Å². The molecule has 2 nitrogen and oxygen atoms in total. The van der Waals surface area contributed by atoms with Gasteiger partial charge in [-0.2, -0.15) is 0 Å². The van der Waals surface area contributed by atoms with Crippen molar-refractivity contribution in [2.75, 3.05) is 4.90 Å². The lowest BCUT2D eigenvalue weighted by Crippen LogP contribution is -2.17. The number of benzene rings is 8. The number of hydrogen-bond donors (Lipinski definition) is 0. The molecule has 1 aliphatic carbocycles. The van der Waals surface area contributed by atoms with Gasteiger partial charge in [0.1, 0.15) is 11.2 Å². The minimum Gasteiger partial charge on any atom is -0.456 e. The molecular formula is C45H31NO. The zero-order chi connectivity index (χ0) is 31.3. The van der Waals surface area contributed by atoms with E-state index in [1.165, 1.54) is 54.6 Å². The molecule has 0 amide bonds. The highest BCUT2D eigenvalue weighted by atomic mass is 16.3. The van der Waals surface area contributed by atoms with Gasteiger partial charge in [0.2, 0.25) is 0 Å². The first-order valence-corrected chi connectivity index (χ1v) is 16.4. The molecule has 1 aromatic heterocycles. The second-order valence-corrected chi connectivity index (χ2v) is 13.2. The average Bonchev–Trinajstić information content (AvgIpc) is 3.62. The van der Waals surface area contributed by atoms with E-state index in [0.717, 1.165) is 39.0 Å². The Morgan fingerprint density at radius 2 is 1.00 bits per heavy atom. The van der Waals surface area contributed by atoms with Crippen LogP contribution in [-0.4, -0.2) is 0 Å². The predicted molar refractivity (Wildman–Crippen MR) is 198 cm³/mol. The van der Waals surface area contributed by atoms with Crippen molar-refractivity contribution >= 4 is 71.3 Å². The monoisotopic (exact) mass is 601 g/mol. The molecule has 2 heteroatoms. The van der Waals surface area contributed by atoms with E-state index in [4.69, 9.17) is 4.42 Å². The Balaban J connectivity index is 1.36. The van der Waals surface area contributed by atoms with Gasteiger partial charge in [-0.05, 0) is 85.6 Å². The van der Waals surface area contributed by atoms with Gasteiger partial charge in [-0.3, -0.25) is 0 Å². The topological polar surface area (TPSA) is 16.4 Å². The molecule has 0 saturated heterocycles. The van der Waals surface area contributed by atoms with E-state index < -0.39 is 0 Å². The summed E-state index contributed by atoms with van der Waals surface area (Å²) in [7, 11) is 0. The molecule has 222 valence electrons. The number of para-hydroxylation sites is 2. The molecule has 0 spiro atoms. The van der Waals surface area contributed by atoms with Crippen molar-refractivity contribution in [2.24, 2.45) is 0 Å². The molecule has 0 bridgehead atoms. The number of hydrogen-bond acceptors (Lipinski definition) is 2. The second-order valence-electron chi connectivity index (χ2n) is 13.2. The number of anilines is 3. The van der Waals surface area contributed by atoms with Crippen LogP contribution in [-0.2, 0) is 5.41 Å². The average molecular weight is 602 g/mol. The Morgan fingerprint density at radius 1 is 0.447 bits per heavy atom. The highest BCUT2D eigenvalue weighted by Gasteiger charge is 2.40. The van der Waals surface area contributed by atoms with E-state index in [0.29, 0.717) is 0 Å². The van der Waals surface area contributed by atoms with Crippen LogP contribution < -0.4 is 4.90 Å². The summed E-state index contributed by atoms with van der Waals surface area (Å²) in [4.78, 5) is 2.45. The van der Waals surface area contributed by atoms with Gasteiger partial charge < -0.3 is 9.32 Å². The maximum atomic E-state index is 6.41. The van der Waals surface area contributed by atoms with E-state index >= 15 is 0 Å². The molecule has 0 saturated carbocycles. The normalized spacial score (nSPS) is 13.5. The lowest BCUT2D eigenvalue weighted by Gasteiger charge is -2.30. The minimum atomic E-state index is -0.232. The summed E-state index contributed by atoms with van der Waals surface area (Å²) in [5, 5.41) is 10.0. The fourth-order valence-electron chi connectivity index (χ4n) is 8.42. The smallest absolute Gasteiger partial charge is 0.137 e. The van der Waals surface area contributed by atoms with Gasteiger partial charge in [-0.25, -0.2) is 0 Å². The zero-order valence-corrected chi connectivity index (χ0v) is 26.3. The summed E-state index contributed by atoms with van der Waals surface area (Å²) in [6.07, 6.45) is 0. The summed E-state index contributed by atoms with van der Waals surface area (Å²) in [6.45, 7) is 4.82. The first kappa shape index (κ1) is 26.4. The largest absolute Gasteiger partial charge is 0.456 e. The number of rotatable bonds is 3. The van der Waals surface area contributed by atoms with Crippen LogP contribution >= 0.6 is 0 Å². The highest BCUT2D eigenvalue weighted by molar-refractivity contribution is 6.23. The Hall–Kier alpha value is -5.86. The molecule has 0 fully saturated rings. The summed E-state index contributed by atoms with van der Waals surface area (Å²) in [5.74, 6) is 0. The summed E-state index contributed by atoms with van der Waals surface area (Å²) in [6, 6.07) is 55.0. The highest BCUT2D eigenvalue weighted by Crippen LogP contribution is 2.58. The lowest BCUT2D eigenvalue weighted by atomic mass is 9.79. The standard InChI is InChI=1S/C45H31NO/c1-45(2)36-27-38(46(28-15-4-3-5-16-28)37-24-14-26-40-42(37)35-23-12-13-25-39(35)47-40)31-19-8-10-21-33(31)41(36)43-32-20-9-6-17-29(32)30-18-7-11-22-34(30)44(43)45/h3-27H,1-2H3. The maximum Gasteiger partial charge on any atom is 0.137 e. The van der Waals surface area contributed by atoms with Crippen molar-refractivity contribution < 1.29 is 4.42 Å². The zero-order valence-electron chi connectivity index (χ0n) is 26.3. The Bertz CT molecular complexity index is 2720. The fraction of sp³-hybridized carbons (Fsp3) is 0.0667. The molecule has 1 aliphatic rings. The van der Waals surface area contributed by atoms with E-state index in [9.17, 15) is 0 Å². The van der Waals surface area contributed by atoms with Crippen LogP contribution in [0.15, 0.2) is 156 Å². The van der Waals surface area contributed by atoms with E-state index in [-0.39, 0.29) is 5.41 Å². The third-order valence-corrected chi connectivity index (χ3v) is 10.4. The van der Waals surface area contributed by atoms with Crippen molar-refractivity contribution in [2.45, 2.75) is 19.3 Å². The molecule has 9 aromatic rings. The van der Waals surface area contributed by atoms with Crippen molar-refractivity contribution in [1.82, 2.24) is 0 Å². The SMILES string of the molecule is CC1(C)c2cc(N(c3ccccc3)c3cccc4oc5ccccc5c34)c3ccccc3c2-c2c1c1ccccc1c1ccccc21. The van der Waals surface area contributed by atoms with Crippen molar-refractivity contribution in [3.05, 3.63) is 163 Å². The molecule has 0 radical (unpaired) electrons. The van der Waals surface area contributed by atoms with Gasteiger partial charge >= 0.3 is 0 Å². The third kappa shape index (κ3) is 3.56. The first-order valence-electron chi connectivity index (χ1n) is 16.4. The molecule has 10 rings (SSSR count). The quantitative estimate of drug-likeness (QED) is 0.187. The van der Waals surface area contributed by atoms with Gasteiger partial charge in [-0.15, -0.1) is 0 Å². The summed E-state index contributed by atoms with van der Waals surface area (Å²) < 4.78 is 6.41. The number of nitrogens with zero attached hydrogens (tertiary/aromatic N) is 1. The molecule has 0 unspecified atom stereocenters. The van der Waals surface area contributed by atoms with E-state index in [2.05, 4.69) is 164 Å². The Kier molecular flexibility index (Phi) is 5.37. The van der Waals surface area contributed by atoms with Crippen LogP contribution in [0, 0.1) is 0 Å². The maximum absolute atomic E-state index is 6.41. The summed E-state index contributed by atoms with van der Waals surface area (Å²) in [5.41, 5.74) is 10.4. The van der Waals surface area contributed by atoms with Crippen LogP contribution in [0.25, 0.3) is 65.4 Å². The van der Waals surface area contributed by atoms with Crippen LogP contribution in [0.2, 0.25) is 0 Å². The van der Waals surface area contributed by atoms with Gasteiger partial charge in [0.15, 0.2) is 0 Å². The molecule has 8 aromatic carbocycles. The minimum absolute atomic E-state index is 0.232. The van der Waals surface area contributed by atoms with Crippen molar-refractivity contribution in [1.29, 1.82) is 0 Å². The van der Waals surface area contributed by atoms with Crippen LogP contribution in [0.3, 0.4) is 0 Å². The Morgan fingerprint density at radius 3 is 1.74 bits per heavy atom. The summed E-state index contributed by atoms with van der Waals surface area (Å²) >= 11 is 0. The second kappa shape index (κ2) is 9.57. The molecule has 0 atom stereocenters. The van der Waals surface area contributed by atoms with Gasteiger partial charge in [0, 0.05) is 21.9 Å². The van der Waals surface area contributed by atoms with Crippen LogP contribution in [0.4, 0.5) is 17.1 Å². The molecular weight excluding hydrogens is 571 g/mol. The van der Waals surface area contributed by atoms with Crippen molar-refractivity contribution in [3.63, 3.8) is 0 Å². The molecule has 1 heterocycles. The molecule has 47 heavy (non-hydrogen) atoms. The van der Waals surface area contributed by atoms with Crippen LogP contribution in [0.1, 0.15) is 25.0 Å². The van der Waals surface area contributed by atoms with Gasteiger partial charge in [0.05, 0.1) is 16.8 Å². The number of furan rings is 1. The first-order chi connectivity index (χ1) is 23.1. The molecule has 0 aliphatic heterocycles. The Labute approximate surface area is 273 Å². The van der Waals surface area contributed by atoms with E-state index in [1.54, 1.807) is 0 Å². The van der Waals surface area contributed by atoms with Crippen LogP contribution in [0.5, 0.6) is 0 Å². The molecule has 0 N–H and O–H groups in total. The number of fused-ring (bicyclic) bond motifs is 13. The van der Waals surface area contributed by atoms with E-state index in [1.807, 2.05) is 6.07 Å². The predicted octanol–water partition coefficient (Wildman–Crippen LogP) is 12.8. The lowest BCUT2D eigenvalue weighted by molar-refractivity contribution is 0.667. The fourth-order valence-corrected chi connectivity index (χ4v) is 8.42. The van der Waals surface area contributed by atoms with Gasteiger partial charge in [0.25, 0.3) is 0 Å².